The van der Waals surface area contributed by atoms with Gasteiger partial charge < -0.3 is 9.88 Å². The number of piperidine rings is 1. The Kier molecular flexibility index (Phi) is 5.33. The Bertz CT molecular complexity index is 923. The topological polar surface area (TPSA) is 61.9 Å². The largest absolute Gasteiger partial charge is 0.400 e. The van der Waals surface area contributed by atoms with Gasteiger partial charge in [0, 0.05) is 29.1 Å². The number of rotatable bonds is 4. The summed E-state index contributed by atoms with van der Waals surface area (Å²) in [5.41, 5.74) is 0.755. The first-order chi connectivity index (χ1) is 14.1. The summed E-state index contributed by atoms with van der Waals surface area (Å²) in [6.45, 7) is 3.63. The van der Waals surface area contributed by atoms with Gasteiger partial charge in [-0.1, -0.05) is 18.5 Å². The maximum absolute atomic E-state index is 12.9. The third kappa shape index (κ3) is 3.82. The van der Waals surface area contributed by atoms with E-state index >= 15 is 0 Å². The van der Waals surface area contributed by atoms with Crippen LogP contribution in [-0.4, -0.2) is 45.3 Å². The van der Waals surface area contributed by atoms with Crippen molar-refractivity contribution in [1.82, 2.24) is 20.1 Å². The first kappa shape index (κ1) is 21.2. The van der Waals surface area contributed by atoms with E-state index in [1.165, 1.54) is 4.90 Å². The summed E-state index contributed by atoms with van der Waals surface area (Å²) in [7, 11) is 0. The van der Waals surface area contributed by atoms with Crippen molar-refractivity contribution in [3.63, 3.8) is 0 Å². The molecule has 1 aromatic heterocycles. The highest BCUT2D eigenvalue weighted by Gasteiger charge is 2.56. The molecule has 1 unspecified atom stereocenters. The summed E-state index contributed by atoms with van der Waals surface area (Å²) >= 11 is 5.95. The second-order valence-corrected chi connectivity index (χ2v) is 9.04. The zero-order valence-corrected chi connectivity index (χ0v) is 17.6. The fourth-order valence-electron chi connectivity index (χ4n) is 4.72. The number of amides is 1. The molecule has 1 aliphatic heterocycles. The fourth-order valence-corrected chi connectivity index (χ4v) is 4.85. The number of alkyl halides is 3. The van der Waals surface area contributed by atoms with E-state index in [1.54, 1.807) is 12.1 Å². The van der Waals surface area contributed by atoms with Crippen molar-refractivity contribution in [3.8, 4) is 11.4 Å². The van der Waals surface area contributed by atoms with Crippen LogP contribution in [0.1, 0.15) is 38.9 Å². The number of H-pyrrole nitrogens is 1. The molecule has 30 heavy (non-hydrogen) atoms. The van der Waals surface area contributed by atoms with Crippen LogP contribution in [0.15, 0.2) is 24.3 Å². The second kappa shape index (κ2) is 7.55. The summed E-state index contributed by atoms with van der Waals surface area (Å²) in [5, 5.41) is 9.35. The molecular weight excluding hydrogens is 417 g/mol. The van der Waals surface area contributed by atoms with E-state index in [9.17, 15) is 18.0 Å². The minimum absolute atomic E-state index is 0.0784. The van der Waals surface area contributed by atoms with Gasteiger partial charge in [0.25, 0.3) is 0 Å². The van der Waals surface area contributed by atoms with Crippen molar-refractivity contribution < 1.29 is 18.0 Å². The molecule has 0 spiro atoms. The lowest BCUT2D eigenvalue weighted by Gasteiger charge is -2.41. The lowest BCUT2D eigenvalue weighted by atomic mass is 9.74. The zero-order valence-electron chi connectivity index (χ0n) is 16.8. The molecule has 1 amide bonds. The number of hydrogen-bond donors (Lipinski definition) is 1. The number of aromatic nitrogens is 3. The summed E-state index contributed by atoms with van der Waals surface area (Å²) in [5.74, 6) is -0.974. The summed E-state index contributed by atoms with van der Waals surface area (Å²) in [6, 6.07) is 7.34. The Morgan fingerprint density at radius 1 is 1.27 bits per heavy atom. The Hall–Kier alpha value is -2.09. The molecule has 5 nitrogen and oxygen atoms in total. The number of halogens is 4. The Morgan fingerprint density at radius 2 is 1.93 bits per heavy atom. The molecule has 1 saturated heterocycles. The molecule has 2 fully saturated rings. The van der Waals surface area contributed by atoms with E-state index in [1.807, 2.05) is 19.1 Å². The lowest BCUT2D eigenvalue weighted by molar-refractivity contribution is -0.187. The van der Waals surface area contributed by atoms with E-state index in [0.717, 1.165) is 31.2 Å². The average molecular weight is 441 g/mol. The molecule has 1 aliphatic carbocycles. The molecule has 2 aliphatic rings. The van der Waals surface area contributed by atoms with Crippen LogP contribution in [0.25, 0.3) is 11.4 Å². The quantitative estimate of drug-likeness (QED) is 0.740. The van der Waals surface area contributed by atoms with Gasteiger partial charge in [-0.3, -0.25) is 4.79 Å². The van der Waals surface area contributed by atoms with Crippen molar-refractivity contribution in [2.24, 2.45) is 17.8 Å². The minimum atomic E-state index is -4.51. The standard InChI is InChI=1S/C21H24ClF3N4O/c1-12-11-29(18(30)13(2)21(23,24)25)10-7-16(12)20(8-9-20)19-26-17(27-28-19)14-3-5-15(22)6-4-14/h3-6,12-13,16H,7-11H2,1-2H3,(H,26,27,28)/t12-,13?,16+/m1/s1. The molecule has 2 aromatic rings. The van der Waals surface area contributed by atoms with E-state index < -0.39 is 18.0 Å². The molecule has 1 saturated carbocycles. The predicted molar refractivity (Wildman–Crippen MR) is 107 cm³/mol. The fraction of sp³-hybridized carbons (Fsp3) is 0.571. The van der Waals surface area contributed by atoms with Gasteiger partial charge in [-0.15, -0.1) is 10.2 Å². The van der Waals surface area contributed by atoms with Gasteiger partial charge in [-0.2, -0.15) is 13.2 Å². The Balaban J connectivity index is 1.48. The molecule has 1 N–H and O–H groups in total. The first-order valence-corrected chi connectivity index (χ1v) is 10.5. The lowest BCUT2D eigenvalue weighted by Crippen LogP contribution is -2.49. The van der Waals surface area contributed by atoms with E-state index in [4.69, 9.17) is 11.6 Å². The summed E-state index contributed by atoms with van der Waals surface area (Å²) in [4.78, 5) is 17.0. The van der Waals surface area contributed by atoms with Gasteiger partial charge in [-0.05, 0) is 62.3 Å². The Morgan fingerprint density at radius 3 is 2.50 bits per heavy atom. The van der Waals surface area contributed by atoms with Crippen molar-refractivity contribution in [2.45, 2.75) is 44.7 Å². The van der Waals surface area contributed by atoms with E-state index in [2.05, 4.69) is 15.2 Å². The SMILES string of the molecule is CC(C(=O)N1CC[C@H](C2(c3nnc(-c4ccc(Cl)cc4)[nH]3)CC2)[C@H](C)C1)C(F)(F)F. The van der Waals surface area contributed by atoms with Gasteiger partial charge in [0.2, 0.25) is 5.91 Å². The van der Waals surface area contributed by atoms with E-state index in [-0.39, 0.29) is 17.3 Å². The minimum Gasteiger partial charge on any atom is -0.342 e. The van der Waals surface area contributed by atoms with Gasteiger partial charge >= 0.3 is 6.18 Å². The van der Waals surface area contributed by atoms with Gasteiger partial charge in [0.05, 0.1) is 0 Å². The van der Waals surface area contributed by atoms with Gasteiger partial charge in [-0.25, -0.2) is 0 Å². The molecule has 4 rings (SSSR count). The molecule has 9 heteroatoms. The van der Waals surface area contributed by atoms with E-state index in [0.29, 0.717) is 30.4 Å². The summed E-state index contributed by atoms with van der Waals surface area (Å²) < 4.78 is 38.8. The number of aromatic amines is 1. The third-order valence-electron chi connectivity index (χ3n) is 6.65. The molecule has 2 heterocycles. The molecule has 0 radical (unpaired) electrons. The maximum atomic E-state index is 12.9. The summed E-state index contributed by atoms with van der Waals surface area (Å²) in [6.07, 6.45) is -1.92. The molecule has 1 aromatic carbocycles. The van der Waals surface area contributed by atoms with Gasteiger partial charge in [0.15, 0.2) is 5.82 Å². The zero-order chi connectivity index (χ0) is 21.7. The van der Waals surface area contributed by atoms with Crippen LogP contribution in [0.4, 0.5) is 13.2 Å². The molecule has 0 bridgehead atoms. The number of hydrogen-bond acceptors (Lipinski definition) is 3. The number of carbonyl (C=O) groups excluding carboxylic acids is 1. The van der Waals surface area contributed by atoms with Crippen LogP contribution >= 0.6 is 11.6 Å². The highest BCUT2D eigenvalue weighted by molar-refractivity contribution is 6.30. The molecular formula is C21H24ClF3N4O. The van der Waals surface area contributed by atoms with Crippen LogP contribution < -0.4 is 0 Å². The Labute approximate surface area is 178 Å². The molecule has 162 valence electrons. The highest BCUT2D eigenvalue weighted by Crippen LogP contribution is 2.57. The number of nitrogens with zero attached hydrogens (tertiary/aromatic N) is 3. The second-order valence-electron chi connectivity index (χ2n) is 8.61. The average Bonchev–Trinajstić information content (AvgIpc) is 3.35. The van der Waals surface area contributed by atoms with Crippen LogP contribution in [0, 0.1) is 17.8 Å². The monoisotopic (exact) mass is 440 g/mol. The van der Waals surface area contributed by atoms with Crippen molar-refractivity contribution >= 4 is 17.5 Å². The molecule has 3 atom stereocenters. The van der Waals surface area contributed by atoms with Gasteiger partial charge in [0.1, 0.15) is 11.7 Å². The highest BCUT2D eigenvalue weighted by atomic mass is 35.5. The third-order valence-corrected chi connectivity index (χ3v) is 6.90. The predicted octanol–water partition coefficient (Wildman–Crippen LogP) is 4.84. The van der Waals surface area contributed by atoms with Crippen LogP contribution in [0.2, 0.25) is 5.02 Å². The smallest absolute Gasteiger partial charge is 0.342 e. The van der Waals surface area contributed by atoms with Crippen molar-refractivity contribution in [1.29, 1.82) is 0 Å². The van der Waals surface area contributed by atoms with Crippen LogP contribution in [-0.2, 0) is 10.2 Å². The van der Waals surface area contributed by atoms with Crippen molar-refractivity contribution in [2.75, 3.05) is 13.1 Å². The number of nitrogens with one attached hydrogen (secondary N) is 1. The number of carbonyl (C=O) groups is 1. The number of benzene rings is 1. The van der Waals surface area contributed by atoms with Crippen LogP contribution in [0.3, 0.4) is 0 Å². The normalized spacial score (nSPS) is 24.5. The van der Waals surface area contributed by atoms with Crippen molar-refractivity contribution in [3.05, 3.63) is 35.1 Å². The first-order valence-electron chi connectivity index (χ1n) is 10.2. The maximum Gasteiger partial charge on any atom is 0.400 e. The number of likely N-dealkylation sites (tertiary alicyclic amines) is 1. The van der Waals surface area contributed by atoms with Crippen LogP contribution in [0.5, 0.6) is 0 Å².